The first kappa shape index (κ1) is 18.1. The van der Waals surface area contributed by atoms with Gasteiger partial charge in [-0.1, -0.05) is 25.4 Å². The first-order valence-corrected chi connectivity index (χ1v) is 7.74. The van der Waals surface area contributed by atoms with Crippen molar-refractivity contribution in [3.63, 3.8) is 0 Å². The third kappa shape index (κ3) is 4.36. The summed E-state index contributed by atoms with van der Waals surface area (Å²) in [6.07, 6.45) is 0. The molecule has 0 atom stereocenters. The van der Waals surface area contributed by atoms with Crippen molar-refractivity contribution in [3.8, 4) is 0 Å². The standard InChI is InChI=1S/C10H17ClN2O2S2.ClH/c1-10(2,6-12)7-13(3)17(14,15)9-5-4-8(11)16-9;/h4-5H,6-7,12H2,1-3H3;1H. The summed E-state index contributed by atoms with van der Waals surface area (Å²) in [4.78, 5) is 0. The number of hydrogen-bond donors (Lipinski definition) is 1. The predicted molar refractivity (Wildman–Crippen MR) is 79.2 cm³/mol. The average Bonchev–Trinajstić information content (AvgIpc) is 2.64. The van der Waals surface area contributed by atoms with Gasteiger partial charge in [-0.15, -0.1) is 23.7 Å². The molecule has 4 nitrogen and oxygen atoms in total. The molecule has 0 spiro atoms. The van der Waals surface area contributed by atoms with Crippen LogP contribution in [0, 0.1) is 5.41 Å². The van der Waals surface area contributed by atoms with Gasteiger partial charge in [-0.25, -0.2) is 8.42 Å². The summed E-state index contributed by atoms with van der Waals surface area (Å²) in [5.41, 5.74) is 5.35. The molecular formula is C10H18Cl2N2O2S2. The second-order valence-corrected chi connectivity index (χ2v) is 8.67. The van der Waals surface area contributed by atoms with Gasteiger partial charge < -0.3 is 5.73 Å². The maximum absolute atomic E-state index is 12.2. The third-order valence-corrected chi connectivity index (χ3v) is 5.92. The molecule has 0 saturated carbocycles. The van der Waals surface area contributed by atoms with Gasteiger partial charge in [0.05, 0.1) is 4.34 Å². The third-order valence-electron chi connectivity index (χ3n) is 2.42. The van der Waals surface area contributed by atoms with E-state index in [0.29, 0.717) is 17.4 Å². The summed E-state index contributed by atoms with van der Waals surface area (Å²) in [6, 6.07) is 3.11. The average molecular weight is 333 g/mol. The lowest BCUT2D eigenvalue weighted by Crippen LogP contribution is -2.39. The quantitative estimate of drug-likeness (QED) is 0.900. The van der Waals surface area contributed by atoms with Crippen molar-refractivity contribution in [2.75, 3.05) is 20.1 Å². The number of nitrogens with zero attached hydrogens (tertiary/aromatic N) is 1. The van der Waals surface area contributed by atoms with Gasteiger partial charge in [0, 0.05) is 13.6 Å². The number of hydrogen-bond acceptors (Lipinski definition) is 4. The van der Waals surface area contributed by atoms with E-state index in [1.165, 1.54) is 10.4 Å². The Hall–Kier alpha value is 0.150. The van der Waals surface area contributed by atoms with E-state index in [1.54, 1.807) is 13.1 Å². The first-order chi connectivity index (χ1) is 7.69. The van der Waals surface area contributed by atoms with Crippen molar-refractivity contribution in [1.29, 1.82) is 0 Å². The van der Waals surface area contributed by atoms with Crippen LogP contribution in [-0.2, 0) is 10.0 Å². The molecule has 18 heavy (non-hydrogen) atoms. The monoisotopic (exact) mass is 332 g/mol. The summed E-state index contributed by atoms with van der Waals surface area (Å²) >= 11 is 6.81. The highest BCUT2D eigenvalue weighted by molar-refractivity contribution is 7.91. The Morgan fingerprint density at radius 3 is 2.39 bits per heavy atom. The molecule has 106 valence electrons. The zero-order valence-corrected chi connectivity index (χ0v) is 13.7. The minimum absolute atomic E-state index is 0. The molecule has 0 amide bonds. The van der Waals surface area contributed by atoms with E-state index in [9.17, 15) is 8.42 Å². The van der Waals surface area contributed by atoms with Gasteiger partial charge in [-0.2, -0.15) is 4.31 Å². The lowest BCUT2D eigenvalue weighted by molar-refractivity contribution is 0.292. The van der Waals surface area contributed by atoms with Crippen molar-refractivity contribution in [3.05, 3.63) is 16.5 Å². The van der Waals surface area contributed by atoms with Crippen LogP contribution in [0.4, 0.5) is 0 Å². The molecule has 0 saturated heterocycles. The number of thiophene rings is 1. The van der Waals surface area contributed by atoms with Crippen molar-refractivity contribution in [2.45, 2.75) is 18.1 Å². The molecule has 0 bridgehead atoms. The van der Waals surface area contributed by atoms with Gasteiger partial charge in [-0.3, -0.25) is 0 Å². The number of nitrogens with two attached hydrogens (primary N) is 1. The fraction of sp³-hybridized carbons (Fsp3) is 0.600. The van der Waals surface area contributed by atoms with Crippen LogP contribution in [-0.4, -0.2) is 32.9 Å². The summed E-state index contributed by atoms with van der Waals surface area (Å²) in [5, 5.41) is 0. The molecular weight excluding hydrogens is 315 g/mol. The molecule has 0 radical (unpaired) electrons. The van der Waals surface area contributed by atoms with Crippen molar-refractivity contribution in [2.24, 2.45) is 11.1 Å². The van der Waals surface area contributed by atoms with Gasteiger partial charge in [0.2, 0.25) is 0 Å². The second-order valence-electron chi connectivity index (χ2n) is 4.69. The van der Waals surface area contributed by atoms with E-state index in [-0.39, 0.29) is 22.0 Å². The van der Waals surface area contributed by atoms with E-state index in [2.05, 4.69) is 0 Å². The van der Waals surface area contributed by atoms with E-state index >= 15 is 0 Å². The molecule has 1 aromatic rings. The van der Waals surface area contributed by atoms with Crippen molar-refractivity contribution >= 4 is 45.4 Å². The zero-order valence-electron chi connectivity index (χ0n) is 10.5. The maximum atomic E-state index is 12.2. The van der Waals surface area contributed by atoms with E-state index in [0.717, 1.165) is 11.3 Å². The molecule has 1 heterocycles. The lowest BCUT2D eigenvalue weighted by Gasteiger charge is -2.28. The number of rotatable bonds is 5. The Labute approximate surface area is 124 Å². The molecule has 1 aromatic heterocycles. The predicted octanol–water partition coefficient (Wildman–Crippen LogP) is 2.43. The first-order valence-electron chi connectivity index (χ1n) is 5.11. The highest BCUT2D eigenvalue weighted by Crippen LogP contribution is 2.28. The van der Waals surface area contributed by atoms with Crippen LogP contribution in [0.15, 0.2) is 16.3 Å². The van der Waals surface area contributed by atoms with Crippen LogP contribution < -0.4 is 5.73 Å². The number of sulfonamides is 1. The van der Waals surface area contributed by atoms with E-state index in [1.807, 2.05) is 13.8 Å². The fourth-order valence-electron chi connectivity index (χ4n) is 1.34. The molecule has 0 aliphatic rings. The molecule has 8 heteroatoms. The molecule has 2 N–H and O–H groups in total. The molecule has 0 unspecified atom stereocenters. The van der Waals surface area contributed by atoms with Crippen LogP contribution in [0.2, 0.25) is 4.34 Å². The maximum Gasteiger partial charge on any atom is 0.252 e. The minimum atomic E-state index is -3.45. The summed E-state index contributed by atoms with van der Waals surface area (Å²) in [6.45, 7) is 4.67. The molecule has 0 aliphatic heterocycles. The fourth-order valence-corrected chi connectivity index (χ4v) is 4.40. The Kier molecular flexibility index (Phi) is 6.60. The summed E-state index contributed by atoms with van der Waals surface area (Å²) < 4.78 is 26.4. The normalized spacial score (nSPS) is 12.6. The zero-order chi connectivity index (χ0) is 13.3. The van der Waals surface area contributed by atoms with E-state index in [4.69, 9.17) is 17.3 Å². The highest BCUT2D eigenvalue weighted by atomic mass is 35.5. The van der Waals surface area contributed by atoms with Crippen LogP contribution in [0.1, 0.15) is 13.8 Å². The van der Waals surface area contributed by atoms with Gasteiger partial charge in [0.1, 0.15) is 4.21 Å². The van der Waals surface area contributed by atoms with Gasteiger partial charge in [-0.05, 0) is 24.1 Å². The van der Waals surface area contributed by atoms with Crippen LogP contribution in [0.5, 0.6) is 0 Å². The summed E-state index contributed by atoms with van der Waals surface area (Å²) in [5.74, 6) is 0. The molecule has 1 rings (SSSR count). The van der Waals surface area contributed by atoms with Crippen LogP contribution in [0.3, 0.4) is 0 Å². The van der Waals surface area contributed by atoms with Gasteiger partial charge in [0.25, 0.3) is 10.0 Å². The van der Waals surface area contributed by atoms with Crippen LogP contribution in [0.25, 0.3) is 0 Å². The molecule has 0 fully saturated rings. The van der Waals surface area contributed by atoms with Gasteiger partial charge in [0.15, 0.2) is 0 Å². The Morgan fingerprint density at radius 2 is 2.00 bits per heavy atom. The largest absolute Gasteiger partial charge is 0.330 e. The smallest absolute Gasteiger partial charge is 0.252 e. The molecule has 0 aromatic carbocycles. The van der Waals surface area contributed by atoms with Crippen molar-refractivity contribution in [1.82, 2.24) is 4.31 Å². The minimum Gasteiger partial charge on any atom is -0.330 e. The topological polar surface area (TPSA) is 63.4 Å². The number of halogens is 2. The second kappa shape index (κ2) is 6.54. The SMILES string of the molecule is CN(CC(C)(C)CN)S(=O)(=O)c1ccc(Cl)s1.Cl. The Bertz CT molecular complexity index is 486. The summed E-state index contributed by atoms with van der Waals surface area (Å²) in [7, 11) is -1.89. The Morgan fingerprint density at radius 1 is 1.44 bits per heavy atom. The van der Waals surface area contributed by atoms with Gasteiger partial charge >= 0.3 is 0 Å². The van der Waals surface area contributed by atoms with Crippen LogP contribution >= 0.6 is 35.3 Å². The van der Waals surface area contributed by atoms with Crippen molar-refractivity contribution < 1.29 is 8.42 Å². The van der Waals surface area contributed by atoms with E-state index < -0.39 is 10.0 Å². The highest BCUT2D eigenvalue weighted by Gasteiger charge is 2.28. The Balaban J connectivity index is 0.00000289. The lowest BCUT2D eigenvalue weighted by atomic mass is 9.94. The molecule has 0 aliphatic carbocycles.